The molecule has 0 aliphatic carbocycles. The number of rotatable bonds is 4. The molecule has 1 unspecified atom stereocenters. The Labute approximate surface area is 172 Å². The first-order valence-corrected chi connectivity index (χ1v) is 9.58. The summed E-state index contributed by atoms with van der Waals surface area (Å²) in [6.07, 6.45) is 0.811. The SMILES string of the molecule is CC(NC(=O)c1ccc(=O)n(-c2ccc(F)cc2)n1)c1ccc2c(c1)OCCCO2. The first-order chi connectivity index (χ1) is 14.5. The molecule has 0 bridgehead atoms. The maximum atomic E-state index is 13.2. The fraction of sp³-hybridized carbons (Fsp3) is 0.227. The minimum atomic E-state index is -0.439. The number of ether oxygens (including phenoxy) is 2. The predicted octanol–water partition coefficient (Wildman–Crippen LogP) is 3.02. The van der Waals surface area contributed by atoms with Crippen molar-refractivity contribution in [1.82, 2.24) is 15.1 Å². The van der Waals surface area contributed by atoms with Crippen LogP contribution in [-0.4, -0.2) is 28.9 Å². The highest BCUT2D eigenvalue weighted by Gasteiger charge is 2.17. The molecule has 1 atom stereocenters. The Balaban J connectivity index is 1.54. The smallest absolute Gasteiger partial charge is 0.272 e. The van der Waals surface area contributed by atoms with Crippen LogP contribution in [0.1, 0.15) is 35.4 Å². The van der Waals surface area contributed by atoms with Gasteiger partial charge in [-0.05, 0) is 55.0 Å². The van der Waals surface area contributed by atoms with Crippen LogP contribution in [0.3, 0.4) is 0 Å². The van der Waals surface area contributed by atoms with E-state index in [0.29, 0.717) is 30.4 Å². The zero-order chi connectivity index (χ0) is 21.1. The van der Waals surface area contributed by atoms with Gasteiger partial charge in [0.2, 0.25) is 0 Å². The molecule has 3 aromatic rings. The minimum Gasteiger partial charge on any atom is -0.490 e. The standard InChI is InChI=1S/C22H20FN3O4/c1-14(15-3-9-19-20(13-15)30-12-2-11-29-19)24-22(28)18-8-10-21(27)26(25-18)17-6-4-16(23)5-7-17/h3-10,13-14H,2,11-12H2,1H3,(H,24,28). The molecule has 0 spiro atoms. The van der Waals surface area contributed by atoms with Crippen LogP contribution < -0.4 is 20.3 Å². The van der Waals surface area contributed by atoms with E-state index in [9.17, 15) is 14.0 Å². The van der Waals surface area contributed by atoms with Crippen molar-refractivity contribution in [3.63, 3.8) is 0 Å². The molecule has 1 aliphatic heterocycles. The maximum absolute atomic E-state index is 13.2. The summed E-state index contributed by atoms with van der Waals surface area (Å²) in [4.78, 5) is 24.9. The first kappa shape index (κ1) is 19.6. The lowest BCUT2D eigenvalue weighted by molar-refractivity contribution is 0.0933. The van der Waals surface area contributed by atoms with Crippen molar-refractivity contribution < 1.29 is 18.7 Å². The highest BCUT2D eigenvalue weighted by Crippen LogP contribution is 2.32. The van der Waals surface area contributed by atoms with Crippen LogP contribution in [0.5, 0.6) is 11.5 Å². The summed E-state index contributed by atoms with van der Waals surface area (Å²) >= 11 is 0. The number of halogens is 1. The summed E-state index contributed by atoms with van der Waals surface area (Å²) in [5, 5.41) is 7.00. The van der Waals surface area contributed by atoms with Gasteiger partial charge in [0.05, 0.1) is 24.9 Å². The van der Waals surface area contributed by atoms with Crippen LogP contribution in [0.2, 0.25) is 0 Å². The summed E-state index contributed by atoms with van der Waals surface area (Å²) < 4.78 is 25.5. The number of amides is 1. The quantitative estimate of drug-likeness (QED) is 0.716. The molecule has 2 aromatic carbocycles. The predicted molar refractivity (Wildman–Crippen MR) is 108 cm³/mol. The average molecular weight is 409 g/mol. The number of aromatic nitrogens is 2. The Bertz CT molecular complexity index is 1130. The second kappa shape index (κ2) is 8.36. The van der Waals surface area contributed by atoms with Gasteiger partial charge in [-0.2, -0.15) is 9.78 Å². The Hall–Kier alpha value is -3.68. The van der Waals surface area contributed by atoms with Gasteiger partial charge in [0.25, 0.3) is 11.5 Å². The summed E-state index contributed by atoms with van der Waals surface area (Å²) in [7, 11) is 0. The van der Waals surface area contributed by atoms with E-state index in [2.05, 4.69) is 10.4 Å². The third-order valence-electron chi connectivity index (χ3n) is 4.72. The molecule has 1 aliphatic rings. The van der Waals surface area contributed by atoms with Crippen molar-refractivity contribution in [3.05, 3.63) is 82.0 Å². The molecule has 8 heteroatoms. The molecule has 0 fully saturated rings. The van der Waals surface area contributed by atoms with Crippen LogP contribution in [-0.2, 0) is 0 Å². The first-order valence-electron chi connectivity index (χ1n) is 9.58. The number of nitrogens with zero attached hydrogens (tertiary/aromatic N) is 2. The van der Waals surface area contributed by atoms with Crippen LogP contribution in [0, 0.1) is 5.82 Å². The molecule has 0 saturated heterocycles. The van der Waals surface area contributed by atoms with Crippen molar-refractivity contribution in [2.24, 2.45) is 0 Å². The summed E-state index contributed by atoms with van der Waals surface area (Å²) in [6, 6.07) is 13.1. The molecular weight excluding hydrogens is 389 g/mol. The molecule has 0 radical (unpaired) electrons. The molecule has 1 aromatic heterocycles. The Morgan fingerprint density at radius 2 is 1.80 bits per heavy atom. The number of nitrogens with one attached hydrogen (secondary N) is 1. The summed E-state index contributed by atoms with van der Waals surface area (Å²) in [5.74, 6) is 0.465. The van der Waals surface area contributed by atoms with Crippen molar-refractivity contribution >= 4 is 5.91 Å². The highest BCUT2D eigenvalue weighted by molar-refractivity contribution is 5.92. The van der Waals surface area contributed by atoms with Gasteiger partial charge < -0.3 is 14.8 Å². The largest absolute Gasteiger partial charge is 0.490 e. The van der Waals surface area contributed by atoms with Gasteiger partial charge in [0.1, 0.15) is 11.5 Å². The number of hydrogen-bond donors (Lipinski definition) is 1. The van der Waals surface area contributed by atoms with Crippen molar-refractivity contribution in [2.75, 3.05) is 13.2 Å². The summed E-state index contributed by atoms with van der Waals surface area (Å²) in [5.41, 5.74) is 0.862. The number of hydrogen-bond acceptors (Lipinski definition) is 5. The average Bonchev–Trinajstić information content (AvgIpc) is 2.99. The van der Waals surface area contributed by atoms with E-state index in [0.717, 1.165) is 16.7 Å². The van der Waals surface area contributed by atoms with Crippen LogP contribution in [0.4, 0.5) is 4.39 Å². The lowest BCUT2D eigenvalue weighted by Crippen LogP contribution is -2.30. The Kier molecular flexibility index (Phi) is 5.47. The van der Waals surface area contributed by atoms with E-state index < -0.39 is 17.3 Å². The van der Waals surface area contributed by atoms with Gasteiger partial charge in [-0.15, -0.1) is 0 Å². The molecular formula is C22H20FN3O4. The van der Waals surface area contributed by atoms with E-state index in [1.54, 1.807) is 0 Å². The topological polar surface area (TPSA) is 82.5 Å². The molecule has 7 nitrogen and oxygen atoms in total. The number of fused-ring (bicyclic) bond motifs is 1. The van der Waals surface area contributed by atoms with E-state index in [1.165, 1.54) is 36.4 Å². The Morgan fingerprint density at radius 1 is 1.07 bits per heavy atom. The molecule has 30 heavy (non-hydrogen) atoms. The molecule has 2 heterocycles. The second-order valence-electron chi connectivity index (χ2n) is 6.90. The molecule has 4 rings (SSSR count). The summed E-state index contributed by atoms with van der Waals surface area (Å²) in [6.45, 7) is 3.02. The third kappa shape index (κ3) is 4.17. The fourth-order valence-electron chi connectivity index (χ4n) is 3.10. The molecule has 1 N–H and O–H groups in total. The van der Waals surface area contributed by atoms with Crippen LogP contribution in [0.15, 0.2) is 59.4 Å². The lowest BCUT2D eigenvalue weighted by Gasteiger charge is -2.16. The van der Waals surface area contributed by atoms with Crippen molar-refractivity contribution in [2.45, 2.75) is 19.4 Å². The number of benzene rings is 2. The third-order valence-corrected chi connectivity index (χ3v) is 4.72. The minimum absolute atomic E-state index is 0.0696. The monoisotopic (exact) mass is 409 g/mol. The molecule has 154 valence electrons. The van der Waals surface area contributed by atoms with Gasteiger partial charge in [0, 0.05) is 12.5 Å². The molecule has 1 amide bonds. The lowest BCUT2D eigenvalue weighted by atomic mass is 10.1. The zero-order valence-corrected chi connectivity index (χ0v) is 16.3. The van der Waals surface area contributed by atoms with E-state index in [-0.39, 0.29) is 11.7 Å². The van der Waals surface area contributed by atoms with Crippen molar-refractivity contribution in [3.8, 4) is 17.2 Å². The van der Waals surface area contributed by atoms with Gasteiger partial charge in [-0.1, -0.05) is 6.07 Å². The van der Waals surface area contributed by atoms with Gasteiger partial charge >= 0.3 is 0 Å². The van der Waals surface area contributed by atoms with Crippen LogP contribution in [0.25, 0.3) is 5.69 Å². The highest BCUT2D eigenvalue weighted by atomic mass is 19.1. The zero-order valence-electron chi connectivity index (χ0n) is 16.3. The van der Waals surface area contributed by atoms with E-state index in [4.69, 9.17) is 9.47 Å². The van der Waals surface area contributed by atoms with Crippen LogP contribution >= 0.6 is 0 Å². The fourth-order valence-corrected chi connectivity index (χ4v) is 3.10. The van der Waals surface area contributed by atoms with Gasteiger partial charge in [-0.3, -0.25) is 9.59 Å². The number of carbonyl (C=O) groups excluding carboxylic acids is 1. The second-order valence-corrected chi connectivity index (χ2v) is 6.90. The maximum Gasteiger partial charge on any atom is 0.272 e. The normalized spacial score (nSPS) is 13.9. The molecule has 0 saturated carbocycles. The van der Waals surface area contributed by atoms with E-state index in [1.807, 2.05) is 25.1 Å². The van der Waals surface area contributed by atoms with Gasteiger partial charge in [0.15, 0.2) is 11.5 Å². The van der Waals surface area contributed by atoms with E-state index >= 15 is 0 Å². The number of carbonyl (C=O) groups is 1. The Morgan fingerprint density at radius 3 is 2.57 bits per heavy atom. The van der Waals surface area contributed by atoms with Gasteiger partial charge in [-0.25, -0.2) is 4.39 Å². The van der Waals surface area contributed by atoms with Crippen molar-refractivity contribution in [1.29, 1.82) is 0 Å².